The van der Waals surface area contributed by atoms with Crippen molar-refractivity contribution >= 4 is 12.4 Å². The molecule has 0 aliphatic heterocycles. The molecule has 0 aliphatic carbocycles. The predicted octanol–water partition coefficient (Wildman–Crippen LogP) is 5.63. The smallest absolute Gasteiger partial charge is 0.119 e. The number of halogens is 1. The normalized spacial score (nSPS) is 12.7. The van der Waals surface area contributed by atoms with Gasteiger partial charge in [0.05, 0.1) is 0 Å². The number of rotatable bonds is 6. The van der Waals surface area contributed by atoms with Crippen LogP contribution in [0.3, 0.4) is 0 Å². The molecule has 2 nitrogen and oxygen atoms in total. The third kappa shape index (κ3) is 6.05. The third-order valence-electron chi connectivity index (χ3n) is 4.46. The second-order valence-electron chi connectivity index (χ2n) is 7.88. The topological polar surface area (TPSA) is 32.3 Å². The lowest BCUT2D eigenvalue weighted by Gasteiger charge is -2.24. The number of hydrogen-bond donors (Lipinski definition) is 2. The van der Waals surface area contributed by atoms with E-state index in [9.17, 15) is 5.11 Å². The van der Waals surface area contributed by atoms with Crippen LogP contribution in [0.25, 0.3) is 0 Å². The molecule has 2 N–H and O–H groups in total. The van der Waals surface area contributed by atoms with Gasteiger partial charge < -0.3 is 10.4 Å². The number of nitrogens with one attached hydrogen (secondary N) is 1. The Balaban J connectivity index is 0.00000312. The molecule has 0 spiro atoms. The van der Waals surface area contributed by atoms with E-state index in [1.54, 1.807) is 0 Å². The Bertz CT molecular complexity index is 647. The van der Waals surface area contributed by atoms with Crippen LogP contribution in [0.5, 0.6) is 5.75 Å². The minimum atomic E-state index is 0. The van der Waals surface area contributed by atoms with Crippen LogP contribution >= 0.6 is 12.4 Å². The fourth-order valence-electron chi connectivity index (χ4n) is 3.00. The molecule has 2 aromatic carbocycles. The first-order valence-corrected chi connectivity index (χ1v) is 8.90. The fraction of sp³-hybridized carbons (Fsp3) is 0.455. The molecule has 0 amide bonds. The number of hydrogen-bond acceptors (Lipinski definition) is 2. The number of benzene rings is 2. The van der Waals surface area contributed by atoms with E-state index < -0.39 is 0 Å². The van der Waals surface area contributed by atoms with Gasteiger partial charge in [-0.25, -0.2) is 0 Å². The molecule has 0 aromatic heterocycles. The summed E-state index contributed by atoms with van der Waals surface area (Å²) < 4.78 is 0. The van der Waals surface area contributed by atoms with Gasteiger partial charge in [0.15, 0.2) is 0 Å². The van der Waals surface area contributed by atoms with Gasteiger partial charge in [0.1, 0.15) is 5.75 Å². The summed E-state index contributed by atoms with van der Waals surface area (Å²) in [5.74, 6) is 0.584. The van der Waals surface area contributed by atoms with Crippen molar-refractivity contribution in [3.8, 4) is 5.75 Å². The van der Waals surface area contributed by atoms with E-state index in [0.717, 1.165) is 18.5 Å². The maximum Gasteiger partial charge on any atom is 0.119 e. The molecule has 0 heterocycles. The molecule has 3 heteroatoms. The van der Waals surface area contributed by atoms with E-state index in [0.29, 0.717) is 11.8 Å². The predicted molar refractivity (Wildman–Crippen MR) is 110 cm³/mol. The van der Waals surface area contributed by atoms with Crippen LogP contribution in [0.15, 0.2) is 48.5 Å². The van der Waals surface area contributed by atoms with Crippen molar-refractivity contribution in [1.29, 1.82) is 0 Å². The van der Waals surface area contributed by atoms with E-state index in [-0.39, 0.29) is 23.7 Å². The second-order valence-corrected chi connectivity index (χ2v) is 7.88. The van der Waals surface area contributed by atoms with Gasteiger partial charge in [0.25, 0.3) is 0 Å². The van der Waals surface area contributed by atoms with Crippen LogP contribution in [0.2, 0.25) is 0 Å². The summed E-state index contributed by atoms with van der Waals surface area (Å²) in [6, 6.07) is 17.0. The first kappa shape index (κ1) is 21.5. The largest absolute Gasteiger partial charge is 0.508 e. The highest BCUT2D eigenvalue weighted by molar-refractivity contribution is 5.85. The van der Waals surface area contributed by atoms with Crippen molar-refractivity contribution in [2.45, 2.75) is 58.4 Å². The third-order valence-corrected chi connectivity index (χ3v) is 4.46. The zero-order valence-corrected chi connectivity index (χ0v) is 16.9. The van der Waals surface area contributed by atoms with Crippen LogP contribution in [0.1, 0.15) is 63.6 Å². The van der Waals surface area contributed by atoms with Crippen LogP contribution in [-0.2, 0) is 5.41 Å². The van der Waals surface area contributed by atoms with Crippen LogP contribution in [-0.4, -0.2) is 17.7 Å². The van der Waals surface area contributed by atoms with E-state index in [1.165, 1.54) is 11.1 Å². The standard InChI is InChI=1S/C22H31NO.ClH/c1-16(2)23-14-13-19(17-9-7-6-8-10-17)20-15-18(22(3,4)5)11-12-21(20)24;/h6-12,15-16,19,23-24H,13-14H2,1-5H3;1H. The first-order valence-electron chi connectivity index (χ1n) is 8.90. The first-order chi connectivity index (χ1) is 11.3. The van der Waals surface area contributed by atoms with Crippen LogP contribution in [0, 0.1) is 0 Å². The zero-order chi connectivity index (χ0) is 17.7. The quantitative estimate of drug-likeness (QED) is 0.698. The number of aromatic hydroxyl groups is 1. The highest BCUT2D eigenvalue weighted by atomic mass is 35.5. The molecule has 0 saturated carbocycles. The average molecular weight is 362 g/mol. The summed E-state index contributed by atoms with van der Waals surface area (Å²) in [7, 11) is 0. The van der Waals surface area contributed by atoms with Gasteiger partial charge in [-0.3, -0.25) is 0 Å². The molecule has 0 fully saturated rings. The Labute approximate surface area is 159 Å². The Morgan fingerprint density at radius 1 is 1.00 bits per heavy atom. The number of phenols is 1. The Morgan fingerprint density at radius 3 is 2.20 bits per heavy atom. The van der Waals surface area contributed by atoms with Crippen molar-refractivity contribution in [3.05, 3.63) is 65.2 Å². The maximum atomic E-state index is 10.5. The van der Waals surface area contributed by atoms with E-state index in [4.69, 9.17) is 0 Å². The minimum Gasteiger partial charge on any atom is -0.508 e. The molecule has 0 bridgehead atoms. The summed E-state index contributed by atoms with van der Waals surface area (Å²) in [6.45, 7) is 11.9. The van der Waals surface area contributed by atoms with E-state index >= 15 is 0 Å². The monoisotopic (exact) mass is 361 g/mol. The van der Waals surface area contributed by atoms with Gasteiger partial charge in [-0.05, 0) is 35.6 Å². The Kier molecular flexibility index (Phi) is 7.98. The van der Waals surface area contributed by atoms with Gasteiger partial charge in [-0.15, -0.1) is 12.4 Å². The van der Waals surface area contributed by atoms with Gasteiger partial charge in [-0.1, -0.05) is 77.1 Å². The van der Waals surface area contributed by atoms with Crippen molar-refractivity contribution in [1.82, 2.24) is 5.32 Å². The summed E-state index contributed by atoms with van der Waals surface area (Å²) in [5, 5.41) is 14.0. The molecule has 2 rings (SSSR count). The van der Waals surface area contributed by atoms with E-state index in [1.807, 2.05) is 18.2 Å². The van der Waals surface area contributed by atoms with Crippen molar-refractivity contribution in [2.75, 3.05) is 6.54 Å². The second kappa shape index (κ2) is 9.26. The summed E-state index contributed by atoms with van der Waals surface area (Å²) >= 11 is 0. The lowest BCUT2D eigenvalue weighted by Crippen LogP contribution is -2.25. The van der Waals surface area contributed by atoms with Gasteiger partial charge >= 0.3 is 0 Å². The zero-order valence-electron chi connectivity index (χ0n) is 16.0. The lowest BCUT2D eigenvalue weighted by atomic mass is 9.81. The summed E-state index contributed by atoms with van der Waals surface area (Å²) in [4.78, 5) is 0. The number of phenolic OH excluding ortho intramolecular Hbond substituents is 1. The van der Waals surface area contributed by atoms with Gasteiger partial charge in [0, 0.05) is 17.5 Å². The molecular formula is C22H32ClNO. The molecule has 0 radical (unpaired) electrons. The fourth-order valence-corrected chi connectivity index (χ4v) is 3.00. The average Bonchev–Trinajstić information content (AvgIpc) is 2.52. The molecular weight excluding hydrogens is 330 g/mol. The Hall–Kier alpha value is -1.51. The summed E-state index contributed by atoms with van der Waals surface area (Å²) in [6.07, 6.45) is 0.962. The molecule has 2 aromatic rings. The van der Waals surface area contributed by atoms with Crippen molar-refractivity contribution < 1.29 is 5.11 Å². The molecule has 25 heavy (non-hydrogen) atoms. The molecule has 0 saturated heterocycles. The van der Waals surface area contributed by atoms with Gasteiger partial charge in [0.2, 0.25) is 0 Å². The SMILES string of the molecule is CC(C)NCCC(c1ccccc1)c1cc(C(C)(C)C)ccc1O.Cl. The highest BCUT2D eigenvalue weighted by Gasteiger charge is 2.21. The molecule has 0 aliphatic rings. The minimum absolute atomic E-state index is 0. The molecule has 138 valence electrons. The summed E-state index contributed by atoms with van der Waals surface area (Å²) in [5.41, 5.74) is 3.61. The maximum absolute atomic E-state index is 10.5. The van der Waals surface area contributed by atoms with Crippen molar-refractivity contribution in [3.63, 3.8) is 0 Å². The highest BCUT2D eigenvalue weighted by Crippen LogP contribution is 2.36. The van der Waals surface area contributed by atoms with Crippen LogP contribution in [0.4, 0.5) is 0 Å². The van der Waals surface area contributed by atoms with Crippen molar-refractivity contribution in [2.24, 2.45) is 0 Å². The lowest BCUT2D eigenvalue weighted by molar-refractivity contribution is 0.458. The molecule has 1 atom stereocenters. The van der Waals surface area contributed by atoms with E-state index in [2.05, 4.69) is 70.3 Å². The van der Waals surface area contributed by atoms with Gasteiger partial charge in [-0.2, -0.15) is 0 Å². The van der Waals surface area contributed by atoms with Crippen LogP contribution < -0.4 is 5.32 Å². The Morgan fingerprint density at radius 2 is 1.64 bits per heavy atom. The molecule has 1 unspecified atom stereocenters.